The number of aromatic nitrogens is 1. The Morgan fingerprint density at radius 3 is 2.64 bits per heavy atom. The van der Waals surface area contributed by atoms with Crippen molar-refractivity contribution in [3.63, 3.8) is 0 Å². The summed E-state index contributed by atoms with van der Waals surface area (Å²) in [5.74, 6) is 0.440. The van der Waals surface area contributed by atoms with Crippen LogP contribution >= 0.6 is 0 Å². The van der Waals surface area contributed by atoms with Gasteiger partial charge in [0, 0.05) is 25.2 Å². The van der Waals surface area contributed by atoms with Crippen molar-refractivity contribution in [1.82, 2.24) is 9.88 Å². The van der Waals surface area contributed by atoms with Crippen LogP contribution in [0, 0.1) is 5.92 Å². The molecule has 1 spiro atoms. The van der Waals surface area contributed by atoms with Gasteiger partial charge < -0.3 is 14.9 Å². The maximum absolute atomic E-state index is 11.4. The number of carbonyl (C=O) groups excluding carboxylic acids is 1. The first kappa shape index (κ1) is 16.3. The number of oxazole rings is 1. The Morgan fingerprint density at radius 1 is 1.28 bits per heavy atom. The van der Waals surface area contributed by atoms with E-state index in [0.717, 1.165) is 50.2 Å². The standard InChI is InChI=1S/C19H23N3O3/c20-18(23)16-9-19(25-12-16)5-7-22(8-6-19)11-14-1-3-15(4-2-14)17-10-21-13-24-17/h1-4,10,13,16H,5-9,11-12H2,(H2,20,23). The molecular weight excluding hydrogens is 318 g/mol. The van der Waals surface area contributed by atoms with Gasteiger partial charge in [-0.2, -0.15) is 0 Å². The zero-order chi connectivity index (χ0) is 17.3. The average molecular weight is 341 g/mol. The summed E-state index contributed by atoms with van der Waals surface area (Å²) in [6.07, 6.45) is 5.88. The highest BCUT2D eigenvalue weighted by molar-refractivity contribution is 5.77. The topological polar surface area (TPSA) is 81.6 Å². The van der Waals surface area contributed by atoms with E-state index in [1.807, 2.05) is 0 Å². The van der Waals surface area contributed by atoms with E-state index in [1.54, 1.807) is 6.20 Å². The molecule has 2 N–H and O–H groups in total. The van der Waals surface area contributed by atoms with Crippen LogP contribution in [0.15, 0.2) is 41.3 Å². The molecule has 3 heterocycles. The summed E-state index contributed by atoms with van der Waals surface area (Å²) in [6.45, 7) is 3.37. The molecule has 2 aliphatic rings. The molecule has 2 fully saturated rings. The molecule has 2 saturated heterocycles. The van der Waals surface area contributed by atoms with Gasteiger partial charge in [0.15, 0.2) is 12.2 Å². The molecule has 4 rings (SSSR count). The van der Waals surface area contributed by atoms with E-state index >= 15 is 0 Å². The highest BCUT2D eigenvalue weighted by atomic mass is 16.5. The van der Waals surface area contributed by atoms with Gasteiger partial charge in [-0.15, -0.1) is 0 Å². The molecule has 1 unspecified atom stereocenters. The predicted molar refractivity (Wildman–Crippen MR) is 92.4 cm³/mol. The third-order valence-electron chi connectivity index (χ3n) is 5.46. The first-order valence-electron chi connectivity index (χ1n) is 8.77. The summed E-state index contributed by atoms with van der Waals surface area (Å²) in [6, 6.07) is 8.41. The lowest BCUT2D eigenvalue weighted by Gasteiger charge is -2.38. The summed E-state index contributed by atoms with van der Waals surface area (Å²) in [7, 11) is 0. The second kappa shape index (κ2) is 6.61. The van der Waals surface area contributed by atoms with E-state index in [1.165, 1.54) is 12.0 Å². The minimum atomic E-state index is -0.230. The van der Waals surface area contributed by atoms with Gasteiger partial charge >= 0.3 is 0 Å². The summed E-state index contributed by atoms with van der Waals surface area (Å²) in [5, 5.41) is 0. The monoisotopic (exact) mass is 341 g/mol. The predicted octanol–water partition coefficient (Wildman–Crippen LogP) is 2.20. The zero-order valence-corrected chi connectivity index (χ0v) is 14.2. The third-order valence-corrected chi connectivity index (χ3v) is 5.46. The van der Waals surface area contributed by atoms with Gasteiger partial charge in [-0.05, 0) is 24.8 Å². The molecule has 0 bridgehead atoms. The summed E-state index contributed by atoms with van der Waals surface area (Å²) in [5.41, 5.74) is 7.61. The SMILES string of the molecule is NC(=O)C1COC2(CCN(Cc3ccc(-c4cnco4)cc3)CC2)C1. The van der Waals surface area contributed by atoms with Gasteiger partial charge in [-0.25, -0.2) is 4.98 Å². The largest absolute Gasteiger partial charge is 0.444 e. The number of benzene rings is 1. The van der Waals surface area contributed by atoms with E-state index in [4.69, 9.17) is 14.9 Å². The highest BCUT2D eigenvalue weighted by Crippen LogP contribution is 2.38. The van der Waals surface area contributed by atoms with Crippen molar-refractivity contribution in [2.24, 2.45) is 11.7 Å². The lowest BCUT2D eigenvalue weighted by Crippen LogP contribution is -2.44. The number of hydrogen-bond acceptors (Lipinski definition) is 5. The average Bonchev–Trinajstić information content (AvgIpc) is 3.29. The summed E-state index contributed by atoms with van der Waals surface area (Å²) in [4.78, 5) is 17.8. The van der Waals surface area contributed by atoms with Crippen molar-refractivity contribution in [3.05, 3.63) is 42.4 Å². The fourth-order valence-electron chi connectivity index (χ4n) is 3.89. The molecule has 6 nitrogen and oxygen atoms in total. The molecule has 1 atom stereocenters. The van der Waals surface area contributed by atoms with Crippen LogP contribution in [0.25, 0.3) is 11.3 Å². The lowest BCUT2D eigenvalue weighted by molar-refractivity contribution is -0.121. The second-order valence-corrected chi connectivity index (χ2v) is 7.14. The van der Waals surface area contributed by atoms with Gasteiger partial charge in [0.25, 0.3) is 0 Å². The first-order valence-corrected chi connectivity index (χ1v) is 8.77. The highest BCUT2D eigenvalue weighted by Gasteiger charge is 2.44. The van der Waals surface area contributed by atoms with Gasteiger partial charge in [0.1, 0.15) is 0 Å². The van der Waals surface area contributed by atoms with Gasteiger partial charge in [0.2, 0.25) is 5.91 Å². The van der Waals surface area contributed by atoms with Crippen LogP contribution in [-0.4, -0.2) is 41.1 Å². The van der Waals surface area contributed by atoms with Gasteiger partial charge in [-0.3, -0.25) is 9.69 Å². The van der Waals surface area contributed by atoms with Crippen molar-refractivity contribution in [2.75, 3.05) is 19.7 Å². The van der Waals surface area contributed by atoms with Crippen LogP contribution in [-0.2, 0) is 16.1 Å². The maximum atomic E-state index is 11.4. The number of carbonyl (C=O) groups is 1. The third kappa shape index (κ3) is 3.45. The number of nitrogens with two attached hydrogens (primary N) is 1. The number of hydrogen-bond donors (Lipinski definition) is 1. The number of amides is 1. The molecule has 0 radical (unpaired) electrons. The molecule has 1 aromatic carbocycles. The molecule has 1 aromatic heterocycles. The van der Waals surface area contributed by atoms with Crippen molar-refractivity contribution in [2.45, 2.75) is 31.4 Å². The Kier molecular flexibility index (Phi) is 4.31. The fourth-order valence-corrected chi connectivity index (χ4v) is 3.89. The molecule has 132 valence electrons. The Bertz CT molecular complexity index is 719. The van der Waals surface area contributed by atoms with Crippen LogP contribution < -0.4 is 5.73 Å². The van der Waals surface area contributed by atoms with Crippen molar-refractivity contribution in [3.8, 4) is 11.3 Å². The molecule has 6 heteroatoms. The van der Waals surface area contributed by atoms with Crippen LogP contribution in [0.2, 0.25) is 0 Å². The fraction of sp³-hybridized carbons (Fsp3) is 0.474. The molecular formula is C19H23N3O3. The van der Waals surface area contributed by atoms with Crippen LogP contribution in [0.3, 0.4) is 0 Å². The Balaban J connectivity index is 1.32. The zero-order valence-electron chi connectivity index (χ0n) is 14.2. The minimum Gasteiger partial charge on any atom is -0.444 e. The maximum Gasteiger partial charge on any atom is 0.222 e. The smallest absolute Gasteiger partial charge is 0.222 e. The number of likely N-dealkylation sites (tertiary alicyclic amines) is 1. The first-order chi connectivity index (χ1) is 12.1. The van der Waals surface area contributed by atoms with E-state index in [-0.39, 0.29) is 17.4 Å². The van der Waals surface area contributed by atoms with Crippen LogP contribution in [0.4, 0.5) is 0 Å². The molecule has 0 saturated carbocycles. The quantitative estimate of drug-likeness (QED) is 0.922. The van der Waals surface area contributed by atoms with Crippen LogP contribution in [0.5, 0.6) is 0 Å². The summed E-state index contributed by atoms with van der Waals surface area (Å²) >= 11 is 0. The molecule has 1 amide bonds. The number of ether oxygens (including phenoxy) is 1. The normalized spacial score (nSPS) is 23.1. The van der Waals surface area contributed by atoms with Crippen LogP contribution in [0.1, 0.15) is 24.8 Å². The number of primary amides is 1. The van der Waals surface area contributed by atoms with Gasteiger partial charge in [-0.1, -0.05) is 24.3 Å². The van der Waals surface area contributed by atoms with Crippen molar-refractivity contribution in [1.29, 1.82) is 0 Å². The lowest BCUT2D eigenvalue weighted by atomic mass is 9.85. The molecule has 0 aliphatic carbocycles. The Labute approximate surface area is 147 Å². The number of rotatable bonds is 4. The Morgan fingerprint density at radius 2 is 2.04 bits per heavy atom. The molecule has 25 heavy (non-hydrogen) atoms. The van der Waals surface area contributed by atoms with E-state index in [2.05, 4.69) is 34.1 Å². The van der Waals surface area contributed by atoms with E-state index in [9.17, 15) is 4.79 Å². The Hall–Kier alpha value is -2.18. The van der Waals surface area contributed by atoms with E-state index < -0.39 is 0 Å². The molecule has 2 aromatic rings. The molecule has 2 aliphatic heterocycles. The summed E-state index contributed by atoms with van der Waals surface area (Å²) < 4.78 is 11.3. The van der Waals surface area contributed by atoms with Crippen molar-refractivity contribution >= 4 is 5.91 Å². The number of nitrogens with zero attached hydrogens (tertiary/aromatic N) is 2. The minimum absolute atomic E-state index is 0.116. The second-order valence-electron chi connectivity index (χ2n) is 7.14. The van der Waals surface area contributed by atoms with Gasteiger partial charge in [0.05, 0.1) is 24.3 Å². The van der Waals surface area contributed by atoms with Crippen molar-refractivity contribution < 1.29 is 13.9 Å². The number of piperidine rings is 1. The van der Waals surface area contributed by atoms with E-state index in [0.29, 0.717) is 6.61 Å².